The smallest absolute Gasteiger partial charge is 0.257 e. The maximum absolute atomic E-state index is 12.7. The fourth-order valence-electron chi connectivity index (χ4n) is 9.28. The Labute approximate surface area is 603 Å². The number of rotatable bonds is 15. The number of ketones is 1. The van der Waals surface area contributed by atoms with Crippen molar-refractivity contribution in [3.05, 3.63) is 184 Å². The molecule has 0 aliphatic carbocycles. The van der Waals surface area contributed by atoms with Crippen LogP contribution in [0.4, 0.5) is 48.4 Å². The number of hydrogen-bond donors (Lipinski definition) is 6. The number of Topliss-reactive ketones (excluding diaryl/α,β-unsaturated/α-hetero) is 1. The highest BCUT2D eigenvalue weighted by Gasteiger charge is 2.22. The van der Waals surface area contributed by atoms with Gasteiger partial charge in [-0.3, -0.25) is 14.4 Å². The van der Waals surface area contributed by atoms with E-state index in [1.807, 2.05) is 37.3 Å². The predicted octanol–water partition coefficient (Wildman–Crippen LogP) is 17.2. The lowest BCUT2D eigenvalue weighted by molar-refractivity contribution is 0.0824. The Morgan fingerprint density at radius 1 is 0.500 bits per heavy atom. The van der Waals surface area contributed by atoms with E-state index in [-0.39, 0.29) is 62.3 Å². The van der Waals surface area contributed by atoms with Crippen LogP contribution in [0.3, 0.4) is 0 Å². The molecular weight excluding hydrogens is 1430 g/mol. The highest BCUT2D eigenvalue weighted by atomic mass is 35.5. The van der Waals surface area contributed by atoms with Crippen LogP contribution >= 0.6 is 69.3 Å². The van der Waals surface area contributed by atoms with Gasteiger partial charge in [0.15, 0.2) is 48.4 Å². The molecule has 102 heavy (non-hydrogen) atoms. The highest BCUT2D eigenvalue weighted by Crippen LogP contribution is 2.43. The summed E-state index contributed by atoms with van der Waals surface area (Å²) in [5.74, 6) is 1.08. The summed E-state index contributed by atoms with van der Waals surface area (Å²) < 4.78 is 16.9. The largest absolute Gasteiger partial charge is 0.508 e. The number of aromatic nitrogens is 12. The average molecular weight is 1480 g/mol. The molecule has 30 nitrogen and oxygen atoms in total. The summed E-state index contributed by atoms with van der Waals surface area (Å²) in [4.78, 5) is 71.2. The van der Waals surface area contributed by atoms with E-state index in [1.165, 1.54) is 75.9 Å². The number of halogens is 2. The number of primary amides is 1. The van der Waals surface area contributed by atoms with Crippen LogP contribution in [0.5, 0.6) is 23.0 Å². The number of amides is 2. The number of nitrogens with two attached hydrogens (primary N) is 1. The molecule has 8 heterocycles. The number of phenols is 4. The van der Waals surface area contributed by atoms with Gasteiger partial charge in [-0.05, 0) is 135 Å². The molecule has 0 saturated carbocycles. The lowest BCUT2D eigenvalue weighted by atomic mass is 10.0. The van der Waals surface area contributed by atoms with Gasteiger partial charge in [0, 0.05) is 85.5 Å². The van der Waals surface area contributed by atoms with E-state index >= 15 is 0 Å². The van der Waals surface area contributed by atoms with Crippen molar-refractivity contribution in [2.24, 2.45) is 46.6 Å². The molecule has 0 atom stereocenters. The summed E-state index contributed by atoms with van der Waals surface area (Å²) in [5, 5.41) is 83.5. The van der Waals surface area contributed by atoms with Crippen LogP contribution in [-0.4, -0.2) is 121 Å². The molecule has 0 radical (unpaired) electrons. The van der Waals surface area contributed by atoms with Gasteiger partial charge in [0.2, 0.25) is 0 Å². The molecule has 0 aliphatic rings. The Morgan fingerprint density at radius 2 is 0.971 bits per heavy atom. The van der Waals surface area contributed by atoms with Gasteiger partial charge in [0.05, 0.1) is 59.8 Å². The lowest BCUT2D eigenvalue weighted by Gasteiger charge is -2.16. The number of azo groups is 4. The minimum atomic E-state index is -0.735. The summed E-state index contributed by atoms with van der Waals surface area (Å²) in [6.45, 7) is 9.84. The molecule has 0 unspecified atom stereocenters. The van der Waals surface area contributed by atoms with E-state index < -0.39 is 5.91 Å². The van der Waals surface area contributed by atoms with Crippen molar-refractivity contribution < 1.29 is 34.8 Å². The second kappa shape index (κ2) is 31.9. The van der Waals surface area contributed by atoms with Crippen molar-refractivity contribution in [3.8, 4) is 23.0 Å². The van der Waals surface area contributed by atoms with Crippen molar-refractivity contribution in [1.82, 2.24) is 62.3 Å². The zero-order chi connectivity index (χ0) is 72.3. The zero-order valence-electron chi connectivity index (χ0n) is 54.4. The van der Waals surface area contributed by atoms with Gasteiger partial charge in [-0.15, -0.1) is 40.9 Å². The molecule has 0 spiro atoms. The molecule has 6 aromatic carbocycles. The first-order chi connectivity index (χ1) is 49.1. The number of aromatic hydroxyl groups is 4. The molecule has 0 saturated heterocycles. The van der Waals surface area contributed by atoms with Crippen LogP contribution in [0.15, 0.2) is 169 Å². The van der Waals surface area contributed by atoms with Gasteiger partial charge >= 0.3 is 0 Å². The van der Waals surface area contributed by atoms with Crippen LogP contribution in [-0.2, 0) is 6.42 Å². The number of benzene rings is 6. The highest BCUT2D eigenvalue weighted by molar-refractivity contribution is 7.12. The van der Waals surface area contributed by atoms with E-state index in [2.05, 4.69) is 104 Å². The Morgan fingerprint density at radius 3 is 1.45 bits per heavy atom. The molecule has 8 aromatic heterocycles. The first-order valence-electron chi connectivity index (χ1n) is 30.1. The third-order valence-electron chi connectivity index (χ3n) is 14.2. The molecule has 36 heteroatoms. The topological polar surface area (TPSA) is 427 Å². The number of carbonyl (C=O) groups is 3. The second-order valence-corrected chi connectivity index (χ2v) is 25.5. The van der Waals surface area contributed by atoms with Gasteiger partial charge in [-0.2, -0.15) is 17.5 Å². The van der Waals surface area contributed by atoms with Crippen molar-refractivity contribution in [1.29, 1.82) is 0 Å². The van der Waals surface area contributed by atoms with E-state index in [1.54, 1.807) is 103 Å². The Bertz CT molecular complexity index is 5660. The summed E-state index contributed by atoms with van der Waals surface area (Å²) >= 11 is 16.5. The predicted molar refractivity (Wildman–Crippen MR) is 392 cm³/mol. The number of phenolic OH excluding ortho intramolecular Hbond substituents is 3. The fourth-order valence-corrected chi connectivity index (χ4v) is 12.2. The quantitative estimate of drug-likeness (QED) is 0.0410. The number of fused-ring (bicyclic) bond motifs is 5. The normalized spacial score (nSPS) is 11.4. The summed E-state index contributed by atoms with van der Waals surface area (Å²) in [6.07, 6.45) is 6.73. The number of nitrogens with one attached hydrogen (secondary N) is 1. The minimum absolute atomic E-state index is 0.00966. The molecular formula is C66H53Cl2N23O7S4. The molecule has 14 rings (SSSR count). The number of nitrogens with zero attached hydrogens (tertiary/aromatic N) is 21. The SMILES string of the molecule is CCNc1cccc2c(O)c(C(=O)N(C)C)cc(N=Nc3snc4nc(C)ncc34)c12.Cc1ncc2c(N=Nc3cc(Cl)c(O)cc3Cl)snc2n1.Cc1ncc2c(N=Nc3ccc(O)c(C(N)=O)c3)snc2n1.Cc1ncc2c(N=Nc3ccc(O)c(CC(=O)c4ccccc4)c3)snc2n1. The monoisotopic (exact) mass is 1480 g/mol. The van der Waals surface area contributed by atoms with E-state index in [0.717, 1.165) is 28.0 Å². The van der Waals surface area contributed by atoms with Crippen LogP contribution in [0.2, 0.25) is 10.0 Å². The van der Waals surface area contributed by atoms with Crippen molar-refractivity contribution in [2.45, 2.75) is 41.0 Å². The van der Waals surface area contributed by atoms with Crippen molar-refractivity contribution in [3.63, 3.8) is 0 Å². The van der Waals surface area contributed by atoms with Gasteiger partial charge < -0.3 is 36.4 Å². The average Bonchev–Trinajstić information content (AvgIpc) is 1.04. The standard InChI is InChI=1S/C21H21N7O2S.C20H15N5O2S.C13H10N6O2S.C12H7Cl2N5OS/c1-5-22-15-8-6-7-12-17(15)16(9-13(18(12)29)21(30)28(3)4)25-26-20-14-10-23-11(2)24-19(14)27-31-20;1-12-21-11-16-19(22-12)25-28-20(16)24-23-15-7-8-17(26)14(9-15)10-18(27)13-5-3-2-4-6-13;1-6-15-5-9-12(16-6)19-22-13(9)18-17-7-2-3-10(20)8(4-7)11(14)21;1-5-15-4-6-11(16-5)19-21-12(6)18-17-9-2-8(14)10(20)3-7(9)13/h6-10,22,29H,5H2,1-4H3;2-9,11,26H,10H2,1H3;2-5,20H,1H3,(H2,14,21);2-4,20H,1H3. The summed E-state index contributed by atoms with van der Waals surface area (Å²) in [7, 11) is 3.27. The van der Waals surface area contributed by atoms with Crippen LogP contribution in [0.25, 0.3) is 54.9 Å². The summed E-state index contributed by atoms with van der Waals surface area (Å²) in [5.41, 5.74) is 11.2. The van der Waals surface area contributed by atoms with Crippen molar-refractivity contribution in [2.75, 3.05) is 26.0 Å². The fraction of sp³-hybridized carbons (Fsp3) is 0.136. The molecule has 0 fully saturated rings. The molecule has 0 aliphatic heterocycles. The van der Waals surface area contributed by atoms with Gasteiger partial charge in [-0.1, -0.05) is 65.7 Å². The Balaban J connectivity index is 0.000000138. The lowest BCUT2D eigenvalue weighted by Crippen LogP contribution is -2.21. The Kier molecular flexibility index (Phi) is 22.3. The molecule has 7 N–H and O–H groups in total. The van der Waals surface area contributed by atoms with Gasteiger partial charge in [-0.25, -0.2) is 39.9 Å². The molecule has 14 aromatic rings. The number of carbonyl (C=O) groups excluding carboxylic acids is 3. The number of hydrogen-bond acceptors (Lipinski definition) is 32. The maximum Gasteiger partial charge on any atom is 0.257 e. The molecule has 512 valence electrons. The van der Waals surface area contributed by atoms with Crippen molar-refractivity contribution >= 4 is 190 Å². The van der Waals surface area contributed by atoms with Crippen LogP contribution in [0, 0.1) is 27.7 Å². The van der Waals surface area contributed by atoms with Gasteiger partial charge in [0.25, 0.3) is 11.8 Å². The van der Waals surface area contributed by atoms with Gasteiger partial charge in [0.1, 0.15) is 52.0 Å². The first kappa shape index (κ1) is 71.3. The third-order valence-corrected chi connectivity index (χ3v) is 17.8. The minimum Gasteiger partial charge on any atom is -0.508 e. The molecule has 0 bridgehead atoms. The second-order valence-electron chi connectivity index (χ2n) is 21.7. The van der Waals surface area contributed by atoms with E-state index in [9.17, 15) is 34.8 Å². The van der Waals surface area contributed by atoms with E-state index in [0.29, 0.717) is 128 Å². The zero-order valence-corrected chi connectivity index (χ0v) is 59.2. The first-order valence-corrected chi connectivity index (χ1v) is 33.9. The van der Waals surface area contributed by atoms with Crippen LogP contribution < -0.4 is 11.1 Å². The van der Waals surface area contributed by atoms with Crippen LogP contribution in [0.1, 0.15) is 66.9 Å². The summed E-state index contributed by atoms with van der Waals surface area (Å²) in [6, 6.07) is 27.8. The van der Waals surface area contributed by atoms with E-state index in [4.69, 9.17) is 28.9 Å². The third kappa shape index (κ3) is 16.8. The number of anilines is 1. The molecule has 2 amide bonds. The Hall–Kier alpha value is -12.0. The maximum atomic E-state index is 12.7. The number of aryl methyl sites for hydroxylation is 4.